The number of rotatable bonds is 4. The van der Waals surface area contributed by atoms with Crippen LogP contribution < -0.4 is 4.90 Å². The lowest BCUT2D eigenvalue weighted by molar-refractivity contribution is -0.0527. The zero-order chi connectivity index (χ0) is 16.3. The summed E-state index contributed by atoms with van der Waals surface area (Å²) in [5, 5.41) is 10.9. The Morgan fingerprint density at radius 2 is 1.83 bits per heavy atom. The Kier molecular flexibility index (Phi) is 5.19. The summed E-state index contributed by atoms with van der Waals surface area (Å²) in [4.78, 5) is 6.77. The summed E-state index contributed by atoms with van der Waals surface area (Å²) >= 11 is 0. The van der Waals surface area contributed by atoms with Gasteiger partial charge >= 0.3 is 0 Å². The van der Waals surface area contributed by atoms with Crippen molar-refractivity contribution in [3.63, 3.8) is 0 Å². The predicted octanol–water partition coefficient (Wildman–Crippen LogP) is 1.79. The lowest BCUT2D eigenvalue weighted by Gasteiger charge is -2.44. The molecule has 0 bridgehead atoms. The Bertz CT molecular complexity index is 519. The number of halogens is 1. The molecule has 2 heterocycles. The van der Waals surface area contributed by atoms with Gasteiger partial charge in [0.25, 0.3) is 0 Å². The van der Waals surface area contributed by atoms with Crippen LogP contribution in [0, 0.1) is 5.82 Å². The average Bonchev–Trinajstić information content (AvgIpc) is 2.56. The van der Waals surface area contributed by atoms with E-state index in [1.54, 1.807) is 6.07 Å². The van der Waals surface area contributed by atoms with Gasteiger partial charge in [-0.1, -0.05) is 19.1 Å². The Balaban J connectivity index is 1.54. The molecule has 1 N–H and O–H groups in total. The molecule has 23 heavy (non-hydrogen) atoms. The van der Waals surface area contributed by atoms with E-state index in [4.69, 9.17) is 0 Å². The standard InChI is InChI=1S/C18H28FN3O/c1-2-20-9-5-8-18(23,14-20)15-21-10-12-22(13-11-21)17-7-4-3-6-16(17)19/h3-4,6-7,23H,2,5,8-15H2,1H3/t18-/m1/s1. The zero-order valence-electron chi connectivity index (χ0n) is 14.0. The molecule has 128 valence electrons. The molecular formula is C18H28FN3O. The summed E-state index contributed by atoms with van der Waals surface area (Å²) in [6.45, 7) is 9.14. The van der Waals surface area contributed by atoms with E-state index in [-0.39, 0.29) is 5.82 Å². The second-order valence-electron chi connectivity index (χ2n) is 6.91. The number of anilines is 1. The summed E-state index contributed by atoms with van der Waals surface area (Å²) in [7, 11) is 0. The van der Waals surface area contributed by atoms with E-state index in [1.165, 1.54) is 6.07 Å². The minimum Gasteiger partial charge on any atom is -0.387 e. The predicted molar refractivity (Wildman–Crippen MR) is 91.4 cm³/mol. The SMILES string of the molecule is CCN1CCC[C@](O)(CN2CCN(c3ccccc3F)CC2)C1. The highest BCUT2D eigenvalue weighted by molar-refractivity contribution is 5.47. The zero-order valence-corrected chi connectivity index (χ0v) is 14.0. The first-order valence-corrected chi connectivity index (χ1v) is 8.76. The van der Waals surface area contributed by atoms with Crippen molar-refractivity contribution in [1.29, 1.82) is 0 Å². The highest BCUT2D eigenvalue weighted by Crippen LogP contribution is 2.24. The van der Waals surface area contributed by atoms with E-state index in [2.05, 4.69) is 21.6 Å². The maximum atomic E-state index is 13.9. The van der Waals surface area contributed by atoms with Crippen LogP contribution in [0.3, 0.4) is 0 Å². The molecule has 2 aliphatic heterocycles. The molecule has 2 aliphatic rings. The Labute approximate surface area is 138 Å². The number of β-amino-alcohol motifs (C(OH)–C–C–N with tert-alkyl or cyclic N) is 1. The first-order valence-electron chi connectivity index (χ1n) is 8.76. The summed E-state index contributed by atoms with van der Waals surface area (Å²) in [5.74, 6) is -0.148. The minimum absolute atomic E-state index is 0.148. The van der Waals surface area contributed by atoms with Gasteiger partial charge in [0.15, 0.2) is 0 Å². The molecule has 0 radical (unpaired) electrons. The Morgan fingerprint density at radius 3 is 2.52 bits per heavy atom. The Hall–Kier alpha value is -1.17. The third-order valence-corrected chi connectivity index (χ3v) is 5.16. The van der Waals surface area contributed by atoms with Gasteiger partial charge in [-0.15, -0.1) is 0 Å². The second kappa shape index (κ2) is 7.16. The first-order chi connectivity index (χ1) is 11.1. The number of piperidine rings is 1. The maximum absolute atomic E-state index is 13.9. The molecule has 0 saturated carbocycles. The van der Waals surface area contributed by atoms with Crippen LogP contribution >= 0.6 is 0 Å². The van der Waals surface area contributed by atoms with Crippen LogP contribution in [-0.2, 0) is 0 Å². The summed E-state index contributed by atoms with van der Waals surface area (Å²) in [6, 6.07) is 6.98. The fraction of sp³-hybridized carbons (Fsp3) is 0.667. The van der Waals surface area contributed by atoms with Crippen molar-refractivity contribution >= 4 is 5.69 Å². The van der Waals surface area contributed by atoms with Gasteiger partial charge in [0.05, 0.1) is 11.3 Å². The third kappa shape index (κ3) is 4.03. The fourth-order valence-electron chi connectivity index (χ4n) is 3.88. The normalized spacial score (nSPS) is 27.3. The van der Waals surface area contributed by atoms with Gasteiger partial charge in [-0.05, 0) is 38.1 Å². The van der Waals surface area contributed by atoms with Gasteiger partial charge in [-0.25, -0.2) is 4.39 Å². The van der Waals surface area contributed by atoms with Crippen LogP contribution in [0.4, 0.5) is 10.1 Å². The quantitative estimate of drug-likeness (QED) is 0.916. The number of nitrogens with zero attached hydrogens (tertiary/aromatic N) is 3. The van der Waals surface area contributed by atoms with Gasteiger partial charge in [0.1, 0.15) is 5.82 Å². The van der Waals surface area contributed by atoms with Gasteiger partial charge in [-0.3, -0.25) is 4.90 Å². The molecule has 0 aromatic heterocycles. The molecule has 0 spiro atoms. The molecular weight excluding hydrogens is 293 g/mol. The van der Waals surface area contributed by atoms with Gasteiger partial charge in [0.2, 0.25) is 0 Å². The molecule has 1 aromatic carbocycles. The lowest BCUT2D eigenvalue weighted by Crippen LogP contribution is -2.57. The van der Waals surface area contributed by atoms with Crippen LogP contribution in [0.15, 0.2) is 24.3 Å². The largest absolute Gasteiger partial charge is 0.387 e. The minimum atomic E-state index is -0.589. The van der Waals surface area contributed by atoms with Crippen LogP contribution in [-0.4, -0.2) is 72.9 Å². The maximum Gasteiger partial charge on any atom is 0.146 e. The monoisotopic (exact) mass is 321 g/mol. The summed E-state index contributed by atoms with van der Waals surface area (Å²) in [5.41, 5.74) is 0.106. The number of para-hydroxylation sites is 1. The van der Waals surface area contributed by atoms with E-state index >= 15 is 0 Å². The Morgan fingerprint density at radius 1 is 1.09 bits per heavy atom. The van der Waals surface area contributed by atoms with Crippen molar-refractivity contribution in [3.05, 3.63) is 30.1 Å². The number of piperazine rings is 1. The first kappa shape index (κ1) is 16.7. The number of benzene rings is 1. The van der Waals surface area contributed by atoms with Gasteiger partial charge < -0.3 is 14.9 Å². The van der Waals surface area contributed by atoms with Gasteiger partial charge in [-0.2, -0.15) is 0 Å². The summed E-state index contributed by atoms with van der Waals surface area (Å²) in [6.07, 6.45) is 1.95. The highest BCUT2D eigenvalue weighted by Gasteiger charge is 2.35. The fourth-order valence-corrected chi connectivity index (χ4v) is 3.88. The molecule has 2 saturated heterocycles. The highest BCUT2D eigenvalue weighted by atomic mass is 19.1. The number of likely N-dealkylation sites (tertiary alicyclic amines) is 1. The molecule has 0 aliphatic carbocycles. The third-order valence-electron chi connectivity index (χ3n) is 5.16. The molecule has 1 atom stereocenters. The van der Waals surface area contributed by atoms with E-state index in [1.807, 2.05) is 12.1 Å². The molecule has 2 fully saturated rings. The molecule has 0 amide bonds. The van der Waals surface area contributed by atoms with Gasteiger partial charge in [0, 0.05) is 39.3 Å². The van der Waals surface area contributed by atoms with Crippen molar-refractivity contribution in [1.82, 2.24) is 9.80 Å². The lowest BCUT2D eigenvalue weighted by atomic mass is 9.92. The van der Waals surface area contributed by atoms with E-state index in [0.29, 0.717) is 5.69 Å². The average molecular weight is 321 g/mol. The van der Waals surface area contributed by atoms with Crippen molar-refractivity contribution in [3.8, 4) is 0 Å². The smallest absolute Gasteiger partial charge is 0.146 e. The number of hydrogen-bond acceptors (Lipinski definition) is 4. The van der Waals surface area contributed by atoms with E-state index in [9.17, 15) is 9.50 Å². The van der Waals surface area contributed by atoms with Crippen molar-refractivity contribution in [2.75, 3.05) is 57.3 Å². The van der Waals surface area contributed by atoms with Crippen molar-refractivity contribution in [2.24, 2.45) is 0 Å². The van der Waals surface area contributed by atoms with Crippen LogP contribution in [0.2, 0.25) is 0 Å². The second-order valence-corrected chi connectivity index (χ2v) is 6.91. The van der Waals surface area contributed by atoms with Crippen LogP contribution in [0.25, 0.3) is 0 Å². The number of likely N-dealkylation sites (N-methyl/N-ethyl adjacent to an activating group) is 1. The van der Waals surface area contributed by atoms with Crippen LogP contribution in [0.1, 0.15) is 19.8 Å². The summed E-state index contributed by atoms with van der Waals surface area (Å²) < 4.78 is 13.9. The van der Waals surface area contributed by atoms with E-state index < -0.39 is 5.60 Å². The van der Waals surface area contributed by atoms with Crippen LogP contribution in [0.5, 0.6) is 0 Å². The van der Waals surface area contributed by atoms with E-state index in [0.717, 1.165) is 65.2 Å². The topological polar surface area (TPSA) is 30.0 Å². The molecule has 3 rings (SSSR count). The molecule has 5 heteroatoms. The molecule has 4 nitrogen and oxygen atoms in total. The number of hydrogen-bond donors (Lipinski definition) is 1. The molecule has 0 unspecified atom stereocenters. The van der Waals surface area contributed by atoms with Crippen molar-refractivity contribution < 1.29 is 9.50 Å². The van der Waals surface area contributed by atoms with Crippen molar-refractivity contribution in [2.45, 2.75) is 25.4 Å². The number of aliphatic hydroxyl groups is 1. The molecule has 1 aromatic rings.